The van der Waals surface area contributed by atoms with E-state index in [1.54, 1.807) is 0 Å². The number of hydrogen-bond acceptors (Lipinski definition) is 9. The molecule has 9 heteroatoms. The van der Waals surface area contributed by atoms with Gasteiger partial charge in [0.25, 0.3) is 0 Å². The standard InChI is InChI=1S/C12H21O9/c13-3-5-8(16)9(17)10(18)11(21-5)12(19)6(15)1-2-20-7(12)4-14/h2,5-11,13-19H,1,3-4H2/t5-,6-,7-,8-,9+,10-,11+,12+/m1/s1. The maximum absolute atomic E-state index is 10.7. The second-order valence-corrected chi connectivity index (χ2v) is 5.36. The van der Waals surface area contributed by atoms with Crippen LogP contribution in [0.15, 0.2) is 0 Å². The van der Waals surface area contributed by atoms with Gasteiger partial charge in [-0.1, -0.05) is 0 Å². The lowest BCUT2D eigenvalue weighted by Crippen LogP contribution is -2.73. The molecular formula is C12H21O9. The minimum atomic E-state index is -2.21. The lowest BCUT2D eigenvalue weighted by Gasteiger charge is -2.52. The predicted molar refractivity (Wildman–Crippen MR) is 65.6 cm³/mol. The van der Waals surface area contributed by atoms with Gasteiger partial charge < -0.3 is 45.2 Å². The Morgan fingerprint density at radius 3 is 2.24 bits per heavy atom. The molecular weight excluding hydrogens is 288 g/mol. The maximum atomic E-state index is 10.7. The van der Waals surface area contributed by atoms with Gasteiger partial charge in [0, 0.05) is 6.42 Å². The van der Waals surface area contributed by atoms with Crippen LogP contribution in [0.25, 0.3) is 0 Å². The molecule has 0 saturated carbocycles. The molecule has 0 unspecified atom stereocenters. The second kappa shape index (κ2) is 6.41. The zero-order valence-electron chi connectivity index (χ0n) is 11.2. The Morgan fingerprint density at radius 2 is 1.67 bits per heavy atom. The quantitative estimate of drug-likeness (QED) is 0.274. The van der Waals surface area contributed by atoms with Crippen molar-refractivity contribution in [3.05, 3.63) is 6.61 Å². The summed E-state index contributed by atoms with van der Waals surface area (Å²) in [5, 5.41) is 68.7. The first kappa shape index (κ1) is 17.0. The minimum Gasteiger partial charge on any atom is -0.394 e. The van der Waals surface area contributed by atoms with Gasteiger partial charge in [-0.25, -0.2) is 0 Å². The highest BCUT2D eigenvalue weighted by molar-refractivity contribution is 5.10. The van der Waals surface area contributed by atoms with Crippen LogP contribution in [0.2, 0.25) is 0 Å². The largest absolute Gasteiger partial charge is 0.394 e. The molecule has 2 aliphatic rings. The zero-order valence-corrected chi connectivity index (χ0v) is 11.2. The SMILES string of the molecule is OC[C@H]1O[C@H]([C@]2(O)[C@H](O)C[CH]O[C@@H]2CO)[C@H](O)[C@@H](O)[C@@H]1O. The Balaban J connectivity index is 2.31. The van der Waals surface area contributed by atoms with Crippen LogP contribution in [0.1, 0.15) is 6.42 Å². The Hall–Kier alpha value is -0.360. The summed E-state index contributed by atoms with van der Waals surface area (Å²) in [5.74, 6) is 0. The van der Waals surface area contributed by atoms with E-state index in [0.717, 1.165) is 0 Å². The maximum Gasteiger partial charge on any atom is 0.147 e. The average Bonchev–Trinajstić information content (AvgIpc) is 2.48. The number of aliphatic hydroxyl groups excluding tert-OH is 6. The van der Waals surface area contributed by atoms with Gasteiger partial charge in [-0.2, -0.15) is 0 Å². The fraction of sp³-hybridized carbons (Fsp3) is 0.917. The van der Waals surface area contributed by atoms with Crippen LogP contribution in [-0.2, 0) is 9.47 Å². The lowest BCUT2D eigenvalue weighted by molar-refractivity contribution is -0.315. The van der Waals surface area contributed by atoms with Gasteiger partial charge in [0.05, 0.1) is 25.9 Å². The van der Waals surface area contributed by atoms with Crippen molar-refractivity contribution in [2.45, 2.75) is 54.7 Å². The van der Waals surface area contributed by atoms with E-state index in [4.69, 9.17) is 14.6 Å². The third-order valence-corrected chi connectivity index (χ3v) is 4.14. The third kappa shape index (κ3) is 2.69. The van der Waals surface area contributed by atoms with Gasteiger partial charge in [-0.05, 0) is 0 Å². The molecule has 2 aliphatic heterocycles. The summed E-state index contributed by atoms with van der Waals surface area (Å²) in [6.45, 7) is -0.118. The van der Waals surface area contributed by atoms with Crippen LogP contribution in [0.4, 0.5) is 0 Å². The molecule has 0 bridgehead atoms. The van der Waals surface area contributed by atoms with Gasteiger partial charge >= 0.3 is 0 Å². The van der Waals surface area contributed by atoms with Gasteiger partial charge in [-0.15, -0.1) is 0 Å². The molecule has 9 nitrogen and oxygen atoms in total. The molecule has 8 atom stereocenters. The first-order valence-corrected chi connectivity index (χ1v) is 6.66. The summed E-state index contributed by atoms with van der Waals surface area (Å²) in [5.41, 5.74) is -2.21. The zero-order chi connectivity index (χ0) is 15.8. The third-order valence-electron chi connectivity index (χ3n) is 4.14. The second-order valence-electron chi connectivity index (χ2n) is 5.36. The molecule has 2 saturated heterocycles. The topological polar surface area (TPSA) is 160 Å². The highest BCUT2D eigenvalue weighted by Gasteiger charge is 2.60. The Bertz CT molecular complexity index is 352. The minimum absolute atomic E-state index is 0.0813. The van der Waals surface area contributed by atoms with Crippen molar-refractivity contribution in [1.82, 2.24) is 0 Å². The van der Waals surface area contributed by atoms with E-state index in [-0.39, 0.29) is 6.42 Å². The van der Waals surface area contributed by atoms with Crippen LogP contribution in [0, 0.1) is 6.61 Å². The van der Waals surface area contributed by atoms with E-state index in [1.165, 1.54) is 6.61 Å². The Morgan fingerprint density at radius 1 is 1.00 bits per heavy atom. The first-order chi connectivity index (χ1) is 9.87. The van der Waals surface area contributed by atoms with Crippen LogP contribution >= 0.6 is 0 Å². The first-order valence-electron chi connectivity index (χ1n) is 6.66. The summed E-state index contributed by atoms with van der Waals surface area (Å²) in [6, 6.07) is 0. The number of ether oxygens (including phenoxy) is 2. The molecule has 123 valence electrons. The van der Waals surface area contributed by atoms with Crippen molar-refractivity contribution in [2.24, 2.45) is 0 Å². The van der Waals surface area contributed by atoms with E-state index in [2.05, 4.69) is 0 Å². The van der Waals surface area contributed by atoms with Crippen LogP contribution in [-0.4, -0.2) is 97.3 Å². The highest BCUT2D eigenvalue weighted by atomic mass is 16.6. The molecule has 0 amide bonds. The van der Waals surface area contributed by atoms with E-state index in [0.29, 0.717) is 0 Å². The Kier molecular flexibility index (Phi) is 5.19. The van der Waals surface area contributed by atoms with Gasteiger partial charge in [0.15, 0.2) is 0 Å². The van der Waals surface area contributed by atoms with Gasteiger partial charge in [0.2, 0.25) is 0 Å². The van der Waals surface area contributed by atoms with Crippen molar-refractivity contribution in [3.63, 3.8) is 0 Å². The molecule has 0 aromatic carbocycles. The smallest absolute Gasteiger partial charge is 0.147 e. The highest BCUT2D eigenvalue weighted by Crippen LogP contribution is 2.37. The van der Waals surface area contributed by atoms with Crippen LogP contribution in [0.3, 0.4) is 0 Å². The fourth-order valence-corrected chi connectivity index (χ4v) is 2.82. The Labute approximate surface area is 121 Å². The van der Waals surface area contributed by atoms with E-state index in [1.807, 2.05) is 0 Å². The van der Waals surface area contributed by atoms with Crippen LogP contribution in [0.5, 0.6) is 0 Å². The fourth-order valence-electron chi connectivity index (χ4n) is 2.82. The summed E-state index contributed by atoms with van der Waals surface area (Å²) >= 11 is 0. The molecule has 2 fully saturated rings. The van der Waals surface area contributed by atoms with Crippen molar-refractivity contribution in [1.29, 1.82) is 0 Å². The number of aliphatic hydroxyl groups is 7. The molecule has 2 heterocycles. The monoisotopic (exact) mass is 309 g/mol. The van der Waals surface area contributed by atoms with E-state index >= 15 is 0 Å². The van der Waals surface area contributed by atoms with Gasteiger partial charge in [-0.3, -0.25) is 0 Å². The molecule has 1 radical (unpaired) electrons. The molecule has 0 aromatic heterocycles. The number of rotatable bonds is 3. The molecule has 2 rings (SSSR count). The molecule has 0 aliphatic carbocycles. The summed E-state index contributed by atoms with van der Waals surface area (Å²) in [4.78, 5) is 0. The molecule has 7 N–H and O–H groups in total. The van der Waals surface area contributed by atoms with E-state index < -0.39 is 61.5 Å². The molecule has 21 heavy (non-hydrogen) atoms. The van der Waals surface area contributed by atoms with Crippen molar-refractivity contribution in [3.8, 4) is 0 Å². The molecule has 0 aromatic rings. The van der Waals surface area contributed by atoms with Crippen molar-refractivity contribution < 1.29 is 45.2 Å². The van der Waals surface area contributed by atoms with E-state index in [9.17, 15) is 30.6 Å². The molecule has 0 spiro atoms. The summed E-state index contributed by atoms with van der Waals surface area (Å²) < 4.78 is 10.3. The summed E-state index contributed by atoms with van der Waals surface area (Å²) in [6.07, 6.45) is -10.6. The lowest BCUT2D eigenvalue weighted by atomic mass is 9.76. The van der Waals surface area contributed by atoms with Crippen molar-refractivity contribution >= 4 is 0 Å². The predicted octanol–water partition coefficient (Wildman–Crippen LogP) is -4.14. The van der Waals surface area contributed by atoms with Crippen molar-refractivity contribution in [2.75, 3.05) is 13.2 Å². The summed E-state index contributed by atoms with van der Waals surface area (Å²) in [7, 11) is 0. The van der Waals surface area contributed by atoms with Crippen LogP contribution < -0.4 is 0 Å². The van der Waals surface area contributed by atoms with Gasteiger partial charge in [0.1, 0.15) is 42.2 Å². The number of hydrogen-bond donors (Lipinski definition) is 7. The normalized spacial score (nSPS) is 51.9. The average molecular weight is 309 g/mol.